The maximum absolute atomic E-state index is 9.41. The van der Waals surface area contributed by atoms with Gasteiger partial charge in [-0.3, -0.25) is 0 Å². The average molecular weight is 266 g/mol. The molecule has 0 amide bonds. The molecule has 3 aliphatic rings. The molecule has 4 atom stereocenters. The Morgan fingerprint density at radius 1 is 1.30 bits per heavy atom. The number of rotatable bonds is 0. The molecule has 2 nitrogen and oxygen atoms in total. The van der Waals surface area contributed by atoms with Crippen LogP contribution in [0.1, 0.15) is 36.8 Å². The molecular formula is C18H22N2. The molecule has 2 fully saturated rings. The van der Waals surface area contributed by atoms with E-state index in [0.29, 0.717) is 11.5 Å². The van der Waals surface area contributed by atoms with Crippen LogP contribution in [-0.2, 0) is 11.8 Å². The van der Waals surface area contributed by atoms with Crippen molar-refractivity contribution >= 4 is 0 Å². The van der Waals surface area contributed by atoms with E-state index < -0.39 is 0 Å². The van der Waals surface area contributed by atoms with Crippen LogP contribution in [0.5, 0.6) is 0 Å². The standard InChI is InChI=1S/C18H22N2/c1-20-9-8-18-11-13(12-19)6-7-16(18)17(20)10-14-4-2-3-5-15(14)18/h2-5,13,16-17H,6-11H2,1H3/t13?,16-,17+,18+/m0/s1. The van der Waals surface area contributed by atoms with Gasteiger partial charge in [0.1, 0.15) is 0 Å². The van der Waals surface area contributed by atoms with E-state index in [2.05, 4.69) is 42.3 Å². The van der Waals surface area contributed by atoms with Gasteiger partial charge in [0.05, 0.1) is 6.07 Å². The number of nitriles is 1. The Morgan fingerprint density at radius 3 is 3.00 bits per heavy atom. The fourth-order valence-corrected chi connectivity index (χ4v) is 5.31. The molecular weight excluding hydrogens is 244 g/mol. The molecule has 104 valence electrons. The van der Waals surface area contributed by atoms with Gasteiger partial charge < -0.3 is 4.90 Å². The number of nitrogens with zero attached hydrogens (tertiary/aromatic N) is 2. The van der Waals surface area contributed by atoms with E-state index in [9.17, 15) is 5.26 Å². The van der Waals surface area contributed by atoms with E-state index in [1.807, 2.05) is 0 Å². The first-order valence-electron chi connectivity index (χ1n) is 7.93. The highest BCUT2D eigenvalue weighted by atomic mass is 15.1. The maximum Gasteiger partial charge on any atom is 0.0656 e. The molecule has 0 spiro atoms. The molecule has 2 bridgehead atoms. The summed E-state index contributed by atoms with van der Waals surface area (Å²) in [4.78, 5) is 2.57. The van der Waals surface area contributed by atoms with Crippen LogP contribution in [0, 0.1) is 23.2 Å². The molecule has 2 heteroatoms. The van der Waals surface area contributed by atoms with Gasteiger partial charge in [0, 0.05) is 17.4 Å². The molecule has 1 saturated heterocycles. The van der Waals surface area contributed by atoms with Gasteiger partial charge in [-0.25, -0.2) is 0 Å². The summed E-state index contributed by atoms with van der Waals surface area (Å²) >= 11 is 0. The van der Waals surface area contributed by atoms with Crippen molar-refractivity contribution in [1.82, 2.24) is 4.90 Å². The van der Waals surface area contributed by atoms with Crippen molar-refractivity contribution in [2.45, 2.75) is 43.6 Å². The second-order valence-corrected chi connectivity index (χ2v) is 7.03. The molecule has 1 saturated carbocycles. The van der Waals surface area contributed by atoms with Crippen LogP contribution in [0.15, 0.2) is 24.3 Å². The number of likely N-dealkylation sites (N-methyl/N-ethyl adjacent to an activating group) is 1. The molecule has 4 rings (SSSR count). The van der Waals surface area contributed by atoms with Crippen LogP contribution < -0.4 is 0 Å². The topological polar surface area (TPSA) is 27.0 Å². The summed E-state index contributed by atoms with van der Waals surface area (Å²) < 4.78 is 0. The van der Waals surface area contributed by atoms with Crippen LogP contribution in [0.4, 0.5) is 0 Å². The lowest BCUT2D eigenvalue weighted by Crippen LogP contribution is -2.60. The van der Waals surface area contributed by atoms with Crippen molar-refractivity contribution < 1.29 is 0 Å². The van der Waals surface area contributed by atoms with Crippen LogP contribution in [0.2, 0.25) is 0 Å². The van der Waals surface area contributed by atoms with Crippen molar-refractivity contribution in [3.63, 3.8) is 0 Å². The zero-order valence-corrected chi connectivity index (χ0v) is 12.2. The van der Waals surface area contributed by atoms with Crippen molar-refractivity contribution in [2.24, 2.45) is 11.8 Å². The van der Waals surface area contributed by atoms with Crippen molar-refractivity contribution in [2.75, 3.05) is 13.6 Å². The van der Waals surface area contributed by atoms with Gasteiger partial charge in [0.25, 0.3) is 0 Å². The molecule has 1 aromatic rings. The van der Waals surface area contributed by atoms with E-state index in [-0.39, 0.29) is 5.92 Å². The minimum atomic E-state index is 0.265. The predicted molar refractivity (Wildman–Crippen MR) is 79.3 cm³/mol. The number of piperidine rings is 1. The molecule has 1 aliphatic heterocycles. The van der Waals surface area contributed by atoms with Crippen molar-refractivity contribution in [3.8, 4) is 6.07 Å². The first-order chi connectivity index (χ1) is 9.74. The second kappa shape index (κ2) is 4.33. The molecule has 1 unspecified atom stereocenters. The van der Waals surface area contributed by atoms with E-state index in [1.54, 1.807) is 11.1 Å². The van der Waals surface area contributed by atoms with Crippen LogP contribution in [-0.4, -0.2) is 24.5 Å². The van der Waals surface area contributed by atoms with Gasteiger partial charge in [0.15, 0.2) is 0 Å². The summed E-state index contributed by atoms with van der Waals surface area (Å²) in [6, 6.07) is 12.3. The predicted octanol–water partition coefficient (Wildman–Crippen LogP) is 3.12. The van der Waals surface area contributed by atoms with E-state index in [0.717, 1.165) is 18.8 Å². The maximum atomic E-state index is 9.41. The van der Waals surface area contributed by atoms with Crippen molar-refractivity contribution in [3.05, 3.63) is 35.4 Å². The van der Waals surface area contributed by atoms with E-state index >= 15 is 0 Å². The minimum Gasteiger partial charge on any atom is -0.303 e. The summed E-state index contributed by atoms with van der Waals surface area (Å²) in [7, 11) is 2.29. The number of hydrogen-bond donors (Lipinski definition) is 0. The molecule has 20 heavy (non-hydrogen) atoms. The third-order valence-corrected chi connectivity index (χ3v) is 6.25. The summed E-state index contributed by atoms with van der Waals surface area (Å²) in [6.45, 7) is 1.19. The summed E-state index contributed by atoms with van der Waals surface area (Å²) in [5.41, 5.74) is 3.41. The van der Waals surface area contributed by atoms with E-state index in [1.165, 1.54) is 25.8 Å². The fraction of sp³-hybridized carbons (Fsp3) is 0.611. The van der Waals surface area contributed by atoms with Gasteiger partial charge in [-0.15, -0.1) is 0 Å². The third-order valence-electron chi connectivity index (χ3n) is 6.25. The number of benzene rings is 1. The highest BCUT2D eigenvalue weighted by molar-refractivity contribution is 5.41. The molecule has 1 aromatic carbocycles. The van der Waals surface area contributed by atoms with Crippen LogP contribution >= 0.6 is 0 Å². The lowest BCUT2D eigenvalue weighted by molar-refractivity contribution is -0.00620. The number of fused-ring (bicyclic) bond motifs is 1. The zero-order chi connectivity index (χ0) is 13.7. The lowest BCUT2D eigenvalue weighted by Gasteiger charge is -2.59. The summed E-state index contributed by atoms with van der Waals surface area (Å²) in [6.07, 6.45) is 5.88. The van der Waals surface area contributed by atoms with Gasteiger partial charge >= 0.3 is 0 Å². The summed E-state index contributed by atoms with van der Waals surface area (Å²) in [5.74, 6) is 1.03. The van der Waals surface area contributed by atoms with Gasteiger partial charge in [-0.1, -0.05) is 24.3 Å². The highest BCUT2D eigenvalue weighted by Gasteiger charge is 2.54. The second-order valence-electron chi connectivity index (χ2n) is 7.03. The fourth-order valence-electron chi connectivity index (χ4n) is 5.31. The Balaban J connectivity index is 1.87. The first kappa shape index (κ1) is 12.4. The smallest absolute Gasteiger partial charge is 0.0656 e. The SMILES string of the molecule is CN1CC[C@]23CC(C#N)CC[C@H]2[C@H]1Cc1ccccc13. The number of likely N-dealkylation sites (tertiary alicyclic amines) is 1. The Hall–Kier alpha value is -1.33. The minimum absolute atomic E-state index is 0.265. The molecule has 0 radical (unpaired) electrons. The Labute approximate surface area is 121 Å². The van der Waals surface area contributed by atoms with Crippen LogP contribution in [0.25, 0.3) is 0 Å². The quantitative estimate of drug-likeness (QED) is 0.721. The van der Waals surface area contributed by atoms with Gasteiger partial charge in [0.2, 0.25) is 0 Å². The van der Waals surface area contributed by atoms with Crippen LogP contribution in [0.3, 0.4) is 0 Å². The molecule has 0 N–H and O–H groups in total. The van der Waals surface area contributed by atoms with E-state index in [4.69, 9.17) is 0 Å². The zero-order valence-electron chi connectivity index (χ0n) is 12.2. The summed E-state index contributed by atoms with van der Waals surface area (Å²) in [5, 5.41) is 9.41. The third kappa shape index (κ3) is 1.53. The first-order valence-corrected chi connectivity index (χ1v) is 7.93. The lowest BCUT2D eigenvalue weighted by atomic mass is 9.51. The highest BCUT2D eigenvalue weighted by Crippen LogP contribution is 2.56. The Bertz CT molecular complexity index is 573. The molecule has 2 aliphatic carbocycles. The molecule has 0 aromatic heterocycles. The normalized spacial score (nSPS) is 39.5. The Kier molecular flexibility index (Phi) is 2.69. The Morgan fingerprint density at radius 2 is 2.15 bits per heavy atom. The van der Waals surface area contributed by atoms with Gasteiger partial charge in [-0.2, -0.15) is 5.26 Å². The average Bonchev–Trinajstić information content (AvgIpc) is 2.50. The van der Waals surface area contributed by atoms with Crippen molar-refractivity contribution in [1.29, 1.82) is 5.26 Å². The van der Waals surface area contributed by atoms with Gasteiger partial charge in [-0.05, 0) is 62.7 Å². The largest absolute Gasteiger partial charge is 0.303 e. The number of hydrogen-bond acceptors (Lipinski definition) is 2. The molecule has 1 heterocycles. The monoisotopic (exact) mass is 266 g/mol.